The van der Waals surface area contributed by atoms with Crippen molar-refractivity contribution in [1.82, 2.24) is 10.6 Å². The first-order valence-corrected chi connectivity index (χ1v) is 8.57. The van der Waals surface area contributed by atoms with Crippen molar-refractivity contribution in [3.05, 3.63) is 0 Å². The lowest BCUT2D eigenvalue weighted by Crippen LogP contribution is -2.49. The lowest BCUT2D eigenvalue weighted by molar-refractivity contribution is -0.139. The van der Waals surface area contributed by atoms with Crippen molar-refractivity contribution in [2.24, 2.45) is 0 Å². The number of rotatable bonds is 7. The van der Waals surface area contributed by atoms with Gasteiger partial charge in [0.1, 0.15) is 6.04 Å². The van der Waals surface area contributed by atoms with Crippen LogP contribution in [0, 0.1) is 0 Å². The molecule has 1 aliphatic carbocycles. The Hall–Kier alpha value is -0.490. The summed E-state index contributed by atoms with van der Waals surface area (Å²) in [6.07, 6.45) is 6.62. The lowest BCUT2D eigenvalue weighted by atomic mass is 9.96. The van der Waals surface area contributed by atoms with Crippen LogP contribution in [0.4, 0.5) is 0 Å². The van der Waals surface area contributed by atoms with E-state index >= 15 is 0 Å². The van der Waals surface area contributed by atoms with Crippen molar-refractivity contribution in [1.29, 1.82) is 0 Å². The largest absolute Gasteiger partial charge is 0.480 e. The summed E-state index contributed by atoms with van der Waals surface area (Å²) in [6, 6.07) is -0.171. The highest BCUT2D eigenvalue weighted by atomic mass is 32.2. The van der Waals surface area contributed by atoms with Gasteiger partial charge in [-0.3, -0.25) is 0 Å². The predicted molar refractivity (Wildman–Crippen MR) is 84.8 cm³/mol. The van der Waals surface area contributed by atoms with Crippen LogP contribution in [-0.2, 0) is 4.79 Å². The van der Waals surface area contributed by atoms with Crippen molar-refractivity contribution >= 4 is 35.1 Å². The van der Waals surface area contributed by atoms with Gasteiger partial charge in [0, 0.05) is 6.04 Å². The predicted octanol–water partition coefficient (Wildman–Crippen LogP) is 2.38. The molecule has 0 radical (unpaired) electrons. The number of thioether (sulfide) groups is 1. The van der Waals surface area contributed by atoms with Gasteiger partial charge in [-0.1, -0.05) is 26.2 Å². The van der Waals surface area contributed by atoms with E-state index in [9.17, 15) is 4.79 Å². The molecule has 0 amide bonds. The Balaban J connectivity index is 2.31. The topological polar surface area (TPSA) is 61.4 Å². The summed E-state index contributed by atoms with van der Waals surface area (Å²) in [5.41, 5.74) is 0. The third-order valence-corrected chi connectivity index (χ3v) is 4.47. The number of hydrogen-bond acceptors (Lipinski definition) is 3. The zero-order valence-corrected chi connectivity index (χ0v) is 13.1. The van der Waals surface area contributed by atoms with Gasteiger partial charge < -0.3 is 15.7 Å². The molecule has 19 heavy (non-hydrogen) atoms. The molecule has 3 N–H and O–H groups in total. The Morgan fingerprint density at radius 3 is 2.68 bits per heavy atom. The van der Waals surface area contributed by atoms with Gasteiger partial charge in [0.05, 0.1) is 0 Å². The van der Waals surface area contributed by atoms with Gasteiger partial charge in [-0.25, -0.2) is 4.79 Å². The van der Waals surface area contributed by atoms with Crippen LogP contribution in [0.5, 0.6) is 0 Å². The first kappa shape index (κ1) is 16.6. The van der Waals surface area contributed by atoms with Gasteiger partial charge in [0.2, 0.25) is 0 Å². The maximum absolute atomic E-state index is 11.2. The van der Waals surface area contributed by atoms with Gasteiger partial charge >= 0.3 is 5.97 Å². The summed E-state index contributed by atoms with van der Waals surface area (Å²) >= 11 is 6.97. The summed E-state index contributed by atoms with van der Waals surface area (Å²) in [6.45, 7) is 2.07. The molecule has 1 unspecified atom stereocenters. The van der Waals surface area contributed by atoms with Crippen molar-refractivity contribution < 1.29 is 9.90 Å². The van der Waals surface area contributed by atoms with E-state index in [0.717, 1.165) is 24.3 Å². The minimum Gasteiger partial charge on any atom is -0.480 e. The number of aliphatic carboxylic acids is 1. The quantitative estimate of drug-likeness (QED) is 0.496. The molecule has 0 saturated heterocycles. The van der Waals surface area contributed by atoms with Crippen LogP contribution in [-0.4, -0.2) is 39.8 Å². The van der Waals surface area contributed by atoms with Gasteiger partial charge in [0.25, 0.3) is 0 Å². The highest BCUT2D eigenvalue weighted by Gasteiger charge is 2.20. The van der Waals surface area contributed by atoms with Crippen molar-refractivity contribution in [2.45, 2.75) is 57.5 Å². The highest BCUT2D eigenvalue weighted by molar-refractivity contribution is 7.99. The number of hydrogen-bond donors (Lipinski definition) is 3. The number of thiocarbonyl (C=S) groups is 1. The second-order valence-corrected chi connectivity index (χ2v) is 6.63. The van der Waals surface area contributed by atoms with Crippen LogP contribution in [0.15, 0.2) is 0 Å². The molecule has 0 aromatic rings. The van der Waals surface area contributed by atoms with Crippen LogP contribution >= 0.6 is 24.0 Å². The second kappa shape index (κ2) is 9.42. The Bertz CT molecular complexity index is 294. The van der Waals surface area contributed by atoms with Crippen molar-refractivity contribution in [3.63, 3.8) is 0 Å². The van der Waals surface area contributed by atoms with Crippen LogP contribution < -0.4 is 10.6 Å². The fourth-order valence-electron chi connectivity index (χ4n) is 2.24. The summed E-state index contributed by atoms with van der Waals surface area (Å²) in [5.74, 6) is 1.02. The Kier molecular flexibility index (Phi) is 8.21. The molecule has 1 saturated carbocycles. The number of nitrogens with one attached hydrogen (secondary N) is 2. The molecular formula is C13H24N2O2S2. The van der Waals surface area contributed by atoms with Gasteiger partial charge in [-0.2, -0.15) is 11.8 Å². The second-order valence-electron chi connectivity index (χ2n) is 4.83. The Labute approximate surface area is 125 Å². The molecule has 1 atom stereocenters. The summed E-state index contributed by atoms with van der Waals surface area (Å²) < 4.78 is 0. The molecule has 1 aliphatic rings. The highest BCUT2D eigenvalue weighted by Crippen LogP contribution is 2.17. The minimum atomic E-state index is -0.829. The molecular weight excluding hydrogens is 280 g/mol. The van der Waals surface area contributed by atoms with Crippen LogP contribution in [0.2, 0.25) is 0 Å². The fourth-order valence-corrected chi connectivity index (χ4v) is 3.24. The third-order valence-electron chi connectivity index (χ3n) is 3.30. The molecule has 0 heterocycles. The first-order valence-electron chi connectivity index (χ1n) is 7.01. The van der Waals surface area contributed by atoms with E-state index in [1.807, 2.05) is 0 Å². The molecule has 1 fully saturated rings. The van der Waals surface area contributed by atoms with Crippen LogP contribution in [0.25, 0.3) is 0 Å². The van der Waals surface area contributed by atoms with E-state index in [4.69, 9.17) is 17.3 Å². The molecule has 0 aromatic heterocycles. The monoisotopic (exact) mass is 304 g/mol. The third kappa shape index (κ3) is 7.01. The Morgan fingerprint density at radius 1 is 1.42 bits per heavy atom. The molecule has 6 heteroatoms. The average Bonchev–Trinajstić information content (AvgIpc) is 2.38. The van der Waals surface area contributed by atoms with Crippen molar-refractivity contribution in [3.8, 4) is 0 Å². The average molecular weight is 304 g/mol. The Morgan fingerprint density at radius 2 is 2.11 bits per heavy atom. The molecule has 110 valence electrons. The van der Waals surface area contributed by atoms with E-state index in [1.165, 1.54) is 19.3 Å². The molecule has 0 spiro atoms. The van der Waals surface area contributed by atoms with E-state index < -0.39 is 12.0 Å². The SMILES string of the molecule is CCSCCC(NC(=S)NC1CCCCC1)C(=O)O. The zero-order valence-electron chi connectivity index (χ0n) is 11.5. The molecule has 1 rings (SSSR count). The standard InChI is InChI=1S/C13H24N2O2S2/c1-2-19-9-8-11(12(16)17)15-13(18)14-10-6-4-3-5-7-10/h10-11H,2-9H2,1H3,(H,16,17)(H2,14,15,18). The zero-order chi connectivity index (χ0) is 14.1. The minimum absolute atomic E-state index is 0.410. The molecule has 0 bridgehead atoms. The van der Waals surface area contributed by atoms with Gasteiger partial charge in [0.15, 0.2) is 5.11 Å². The number of carboxylic acid groups (broad SMARTS) is 1. The first-order chi connectivity index (χ1) is 9.13. The number of carbonyl (C=O) groups is 1. The van der Waals surface area contributed by atoms with Crippen LogP contribution in [0.3, 0.4) is 0 Å². The fraction of sp³-hybridized carbons (Fsp3) is 0.846. The van der Waals surface area contributed by atoms with E-state index in [1.54, 1.807) is 11.8 Å². The molecule has 4 nitrogen and oxygen atoms in total. The number of carboxylic acids is 1. The summed E-state index contributed by atoms with van der Waals surface area (Å²) in [7, 11) is 0. The maximum Gasteiger partial charge on any atom is 0.326 e. The van der Waals surface area contributed by atoms with Gasteiger partial charge in [-0.05, 0) is 43.0 Å². The van der Waals surface area contributed by atoms with Crippen LogP contribution in [0.1, 0.15) is 45.4 Å². The maximum atomic E-state index is 11.2. The molecule has 0 aliphatic heterocycles. The normalized spacial score (nSPS) is 17.7. The molecule has 0 aromatic carbocycles. The van der Waals surface area contributed by atoms with Gasteiger partial charge in [-0.15, -0.1) is 0 Å². The van der Waals surface area contributed by atoms with E-state index in [-0.39, 0.29) is 0 Å². The van der Waals surface area contributed by atoms with Crippen molar-refractivity contribution in [2.75, 3.05) is 11.5 Å². The summed E-state index contributed by atoms with van der Waals surface area (Å²) in [5, 5.41) is 15.8. The van der Waals surface area contributed by atoms with E-state index in [0.29, 0.717) is 17.6 Å². The smallest absolute Gasteiger partial charge is 0.326 e. The van der Waals surface area contributed by atoms with E-state index in [2.05, 4.69) is 17.6 Å². The lowest BCUT2D eigenvalue weighted by Gasteiger charge is -2.25. The summed E-state index contributed by atoms with van der Waals surface area (Å²) in [4.78, 5) is 11.2.